The molecule has 33 heavy (non-hydrogen) atoms. The fourth-order valence-corrected chi connectivity index (χ4v) is 2.98. The van der Waals surface area contributed by atoms with Gasteiger partial charge < -0.3 is 5.32 Å². The lowest BCUT2D eigenvalue weighted by Gasteiger charge is -2.06. The smallest absolute Gasteiger partial charge is 0.263 e. The Kier molecular flexibility index (Phi) is 6.81. The molecule has 2 amide bonds. The Balaban J connectivity index is 1.31. The molecule has 3 aromatic carbocycles. The normalized spacial score (nSPS) is 10.8. The van der Waals surface area contributed by atoms with Gasteiger partial charge in [0.05, 0.1) is 6.21 Å². The summed E-state index contributed by atoms with van der Waals surface area (Å²) in [6.07, 6.45) is 1.47. The van der Waals surface area contributed by atoms with Crippen molar-refractivity contribution in [2.75, 3.05) is 5.32 Å². The second-order valence-corrected chi connectivity index (χ2v) is 7.33. The Hall–Kier alpha value is -4.37. The number of carbonyl (C=O) groups excluding carboxylic acids is 2. The van der Waals surface area contributed by atoms with Crippen LogP contribution in [0.15, 0.2) is 84.0 Å². The number of hydrogen-bond acceptors (Lipinski definition) is 6. The lowest BCUT2D eigenvalue weighted by Crippen LogP contribution is -2.24. The number of nitrogens with zero attached hydrogens (tertiary/aromatic N) is 5. The van der Waals surface area contributed by atoms with E-state index in [1.807, 2.05) is 30.3 Å². The Bertz CT molecular complexity index is 1290. The molecule has 0 saturated carbocycles. The van der Waals surface area contributed by atoms with Crippen LogP contribution in [0.1, 0.15) is 15.9 Å². The van der Waals surface area contributed by atoms with E-state index in [0.29, 0.717) is 27.7 Å². The van der Waals surface area contributed by atoms with E-state index in [0.717, 1.165) is 5.56 Å². The Morgan fingerprint density at radius 3 is 2.58 bits per heavy atom. The third-order valence-corrected chi connectivity index (χ3v) is 4.68. The average molecular weight is 460 g/mol. The Morgan fingerprint density at radius 2 is 1.79 bits per heavy atom. The fraction of sp³-hybridized carbons (Fsp3) is 0.0435. The fourth-order valence-electron chi connectivity index (χ4n) is 2.86. The highest BCUT2D eigenvalue weighted by Gasteiger charge is 2.09. The SMILES string of the molecule is O=C(Cn1nnc(-c2ccccc2)n1)N/N=C/c1cccc(NC(=O)c2ccc(Cl)cc2)c1. The van der Waals surface area contributed by atoms with E-state index >= 15 is 0 Å². The number of benzene rings is 3. The van der Waals surface area contributed by atoms with Gasteiger partial charge in [0, 0.05) is 21.8 Å². The summed E-state index contributed by atoms with van der Waals surface area (Å²) in [5.41, 5.74) is 5.00. The third-order valence-electron chi connectivity index (χ3n) is 4.42. The minimum Gasteiger partial charge on any atom is -0.322 e. The molecule has 9 nitrogen and oxygen atoms in total. The van der Waals surface area contributed by atoms with Crippen molar-refractivity contribution in [3.63, 3.8) is 0 Å². The number of hydrazone groups is 1. The van der Waals surface area contributed by atoms with Crippen LogP contribution in [0, 0.1) is 0 Å². The van der Waals surface area contributed by atoms with Crippen molar-refractivity contribution in [2.45, 2.75) is 6.54 Å². The van der Waals surface area contributed by atoms with E-state index in [4.69, 9.17) is 11.6 Å². The number of nitrogens with one attached hydrogen (secondary N) is 2. The maximum Gasteiger partial charge on any atom is 0.263 e. The van der Waals surface area contributed by atoms with Crippen molar-refractivity contribution in [3.05, 3.63) is 95.0 Å². The summed E-state index contributed by atoms with van der Waals surface area (Å²) in [5.74, 6) is -0.232. The molecule has 2 N–H and O–H groups in total. The zero-order valence-electron chi connectivity index (χ0n) is 17.2. The molecule has 0 aliphatic heterocycles. The quantitative estimate of drug-likeness (QED) is 0.325. The zero-order valence-corrected chi connectivity index (χ0v) is 18.0. The zero-order chi connectivity index (χ0) is 23.0. The van der Waals surface area contributed by atoms with Crippen LogP contribution in [0.5, 0.6) is 0 Å². The number of amides is 2. The van der Waals surface area contributed by atoms with Gasteiger partial charge in [-0.2, -0.15) is 9.90 Å². The van der Waals surface area contributed by atoms with E-state index < -0.39 is 5.91 Å². The second-order valence-electron chi connectivity index (χ2n) is 6.89. The van der Waals surface area contributed by atoms with Crippen LogP contribution in [-0.4, -0.2) is 38.2 Å². The highest BCUT2D eigenvalue weighted by molar-refractivity contribution is 6.30. The van der Waals surface area contributed by atoms with Gasteiger partial charge in [-0.05, 0) is 47.2 Å². The molecule has 0 spiro atoms. The van der Waals surface area contributed by atoms with Crippen LogP contribution in [0.25, 0.3) is 11.4 Å². The molecule has 0 radical (unpaired) electrons. The summed E-state index contributed by atoms with van der Waals surface area (Å²) >= 11 is 5.85. The molecule has 0 unspecified atom stereocenters. The maximum absolute atomic E-state index is 12.3. The van der Waals surface area contributed by atoms with Crippen LogP contribution in [-0.2, 0) is 11.3 Å². The van der Waals surface area contributed by atoms with Gasteiger partial charge in [-0.1, -0.05) is 54.1 Å². The molecule has 4 aromatic rings. The van der Waals surface area contributed by atoms with Crippen LogP contribution >= 0.6 is 11.6 Å². The molecule has 1 heterocycles. The van der Waals surface area contributed by atoms with Gasteiger partial charge in [0.25, 0.3) is 11.8 Å². The van der Waals surface area contributed by atoms with Crippen molar-refractivity contribution >= 4 is 35.3 Å². The summed E-state index contributed by atoms with van der Waals surface area (Å²) in [5, 5.41) is 19.3. The molecular formula is C23H18ClN7O2. The highest BCUT2D eigenvalue weighted by Crippen LogP contribution is 2.14. The Morgan fingerprint density at radius 1 is 1.00 bits per heavy atom. The van der Waals surface area contributed by atoms with Gasteiger partial charge in [-0.3, -0.25) is 9.59 Å². The Labute approximate surface area is 194 Å². The number of halogens is 1. The number of aromatic nitrogens is 4. The van der Waals surface area contributed by atoms with Gasteiger partial charge in [-0.25, -0.2) is 5.43 Å². The van der Waals surface area contributed by atoms with Crippen molar-refractivity contribution in [1.29, 1.82) is 0 Å². The molecule has 0 atom stereocenters. The number of tetrazole rings is 1. The first-order valence-electron chi connectivity index (χ1n) is 9.89. The van der Waals surface area contributed by atoms with Crippen molar-refractivity contribution in [3.8, 4) is 11.4 Å². The summed E-state index contributed by atoms with van der Waals surface area (Å²) in [6.45, 7) is -0.131. The molecule has 0 aliphatic rings. The van der Waals surface area contributed by atoms with Crippen molar-refractivity contribution < 1.29 is 9.59 Å². The minimum atomic E-state index is -0.407. The van der Waals surface area contributed by atoms with Gasteiger partial charge in [0.1, 0.15) is 6.54 Å². The monoisotopic (exact) mass is 459 g/mol. The van der Waals surface area contributed by atoms with Crippen LogP contribution in [0.2, 0.25) is 5.02 Å². The molecule has 1 aromatic heterocycles. The minimum absolute atomic E-state index is 0.131. The molecule has 0 aliphatic carbocycles. The van der Waals surface area contributed by atoms with E-state index in [1.54, 1.807) is 48.5 Å². The molecule has 0 bridgehead atoms. The maximum atomic E-state index is 12.3. The number of hydrogen-bond donors (Lipinski definition) is 2. The van der Waals surface area contributed by atoms with Gasteiger partial charge in [-0.15, -0.1) is 10.2 Å². The standard InChI is InChI=1S/C23H18ClN7O2/c24-19-11-9-18(10-12-19)23(33)26-20-8-4-5-16(13-20)14-25-27-21(32)15-31-29-22(28-30-31)17-6-2-1-3-7-17/h1-14H,15H2,(H,26,33)(H,27,32)/b25-14+. The molecule has 0 saturated heterocycles. The summed E-state index contributed by atoms with van der Waals surface area (Å²) in [7, 11) is 0. The van der Waals surface area contributed by atoms with E-state index in [1.165, 1.54) is 11.0 Å². The second kappa shape index (κ2) is 10.3. The molecule has 0 fully saturated rings. The molecule has 10 heteroatoms. The molecule has 164 valence electrons. The van der Waals surface area contributed by atoms with Crippen molar-refractivity contribution in [2.24, 2.45) is 5.10 Å². The average Bonchev–Trinajstić information content (AvgIpc) is 3.29. The topological polar surface area (TPSA) is 114 Å². The lowest BCUT2D eigenvalue weighted by atomic mass is 10.2. The first kappa shape index (κ1) is 21.8. The summed E-state index contributed by atoms with van der Waals surface area (Å²) in [6, 6.07) is 23.0. The number of anilines is 1. The number of rotatable bonds is 7. The first-order valence-corrected chi connectivity index (χ1v) is 10.3. The van der Waals surface area contributed by atoms with E-state index in [2.05, 4.69) is 31.3 Å². The highest BCUT2D eigenvalue weighted by atomic mass is 35.5. The van der Waals surface area contributed by atoms with Crippen LogP contribution in [0.3, 0.4) is 0 Å². The van der Waals surface area contributed by atoms with Crippen LogP contribution in [0.4, 0.5) is 5.69 Å². The lowest BCUT2D eigenvalue weighted by molar-refractivity contribution is -0.122. The summed E-state index contributed by atoms with van der Waals surface area (Å²) in [4.78, 5) is 25.7. The molecule has 4 rings (SSSR count). The predicted molar refractivity (Wildman–Crippen MR) is 125 cm³/mol. The third kappa shape index (κ3) is 6.08. The molecular weight excluding hydrogens is 442 g/mol. The largest absolute Gasteiger partial charge is 0.322 e. The van der Waals surface area contributed by atoms with Gasteiger partial charge in [0.2, 0.25) is 5.82 Å². The predicted octanol–water partition coefficient (Wildman–Crippen LogP) is 3.40. The van der Waals surface area contributed by atoms with Gasteiger partial charge in [0.15, 0.2) is 0 Å². The van der Waals surface area contributed by atoms with Gasteiger partial charge >= 0.3 is 0 Å². The van der Waals surface area contributed by atoms with E-state index in [-0.39, 0.29) is 12.5 Å². The van der Waals surface area contributed by atoms with Crippen molar-refractivity contribution in [1.82, 2.24) is 25.6 Å². The first-order chi connectivity index (χ1) is 16.1. The summed E-state index contributed by atoms with van der Waals surface area (Å²) < 4.78 is 0. The van der Waals surface area contributed by atoms with Crippen LogP contribution < -0.4 is 10.7 Å². The number of carbonyl (C=O) groups is 2. The van der Waals surface area contributed by atoms with E-state index in [9.17, 15) is 9.59 Å².